The molecule has 1 atom stereocenters. The first kappa shape index (κ1) is 32.8. The van der Waals surface area contributed by atoms with Gasteiger partial charge in [0.2, 0.25) is 0 Å². The fourth-order valence-electron chi connectivity index (χ4n) is 10.2. The minimum Gasteiger partial charge on any atom is -0.310 e. The lowest BCUT2D eigenvalue weighted by atomic mass is 9.61. The van der Waals surface area contributed by atoms with Gasteiger partial charge in [0.25, 0.3) is 0 Å². The van der Waals surface area contributed by atoms with E-state index in [0.29, 0.717) is 0 Å². The SMILES string of the molecule is C1=CC(C2(c3ccccc3)c3ccccc3-n3c4ccc(-n5c6ccccc6c6ccccc65)cc4c4cc(N(c5ccccc5)c5ccccc5)cc2c43)=CCC1. The van der Waals surface area contributed by atoms with Crippen molar-refractivity contribution in [1.82, 2.24) is 9.13 Å². The third kappa shape index (κ3) is 4.62. The molecular weight excluding hydrogens is 703 g/mol. The van der Waals surface area contributed by atoms with Crippen molar-refractivity contribution >= 4 is 60.7 Å². The standard InChI is InChI=1S/C55H39N3/c1-5-19-38(20-6-1)55(39-21-7-2-8-22-39)48-29-15-18-32-53(48)58-52-34-33-42(57-50-30-16-13-27-44(50)45-28-14-17-31-51(45)57)35-46(52)47-36-43(37-49(55)54(47)58)56(40-23-9-3-10-24-40)41-25-11-4-12-26-41/h1,3-7,9-37H,2,8H2. The van der Waals surface area contributed by atoms with Gasteiger partial charge < -0.3 is 14.0 Å². The molecule has 0 bridgehead atoms. The van der Waals surface area contributed by atoms with E-state index in [2.05, 4.69) is 226 Å². The summed E-state index contributed by atoms with van der Waals surface area (Å²) in [5.41, 5.74) is 15.2. The summed E-state index contributed by atoms with van der Waals surface area (Å²) in [6, 6.07) is 71.6. The van der Waals surface area contributed by atoms with Gasteiger partial charge >= 0.3 is 0 Å². The lowest BCUT2D eigenvalue weighted by Crippen LogP contribution is -2.36. The van der Waals surface area contributed by atoms with Gasteiger partial charge in [0.1, 0.15) is 0 Å². The second-order valence-corrected chi connectivity index (χ2v) is 15.6. The van der Waals surface area contributed by atoms with E-state index in [4.69, 9.17) is 0 Å². The first-order valence-electron chi connectivity index (χ1n) is 20.3. The van der Waals surface area contributed by atoms with Crippen LogP contribution in [0, 0.1) is 0 Å². The van der Waals surface area contributed by atoms with Gasteiger partial charge in [0, 0.05) is 44.3 Å². The maximum atomic E-state index is 2.55. The number of fused-ring (bicyclic) bond motifs is 8. The van der Waals surface area contributed by atoms with Crippen LogP contribution in [-0.4, -0.2) is 9.13 Å². The molecule has 1 aliphatic heterocycles. The Kier molecular flexibility index (Phi) is 7.27. The molecular formula is C55H39N3. The summed E-state index contributed by atoms with van der Waals surface area (Å²) in [5.74, 6) is 0. The van der Waals surface area contributed by atoms with E-state index in [9.17, 15) is 0 Å². The predicted octanol–water partition coefficient (Wildman–Crippen LogP) is 14.3. The fraction of sp³-hybridized carbons (Fsp3) is 0.0545. The van der Waals surface area contributed by atoms with Crippen LogP contribution in [-0.2, 0) is 5.41 Å². The quantitative estimate of drug-likeness (QED) is 0.165. The number of rotatable bonds is 6. The topological polar surface area (TPSA) is 13.1 Å². The van der Waals surface area contributed by atoms with Crippen molar-refractivity contribution in [3.05, 3.63) is 235 Å². The minimum absolute atomic E-state index is 0.567. The van der Waals surface area contributed by atoms with Crippen molar-refractivity contribution in [2.45, 2.75) is 18.3 Å². The number of benzene rings is 8. The van der Waals surface area contributed by atoms with E-state index in [0.717, 1.165) is 35.6 Å². The lowest BCUT2D eigenvalue weighted by Gasteiger charge is -2.43. The molecule has 0 amide bonds. The molecule has 0 fully saturated rings. The molecule has 0 saturated carbocycles. The van der Waals surface area contributed by atoms with Crippen molar-refractivity contribution in [1.29, 1.82) is 0 Å². The normalized spacial score (nSPS) is 15.9. The second kappa shape index (κ2) is 12.8. The van der Waals surface area contributed by atoms with Crippen LogP contribution in [0.3, 0.4) is 0 Å². The molecule has 58 heavy (non-hydrogen) atoms. The first-order valence-corrected chi connectivity index (χ1v) is 20.3. The Morgan fingerprint density at radius 1 is 0.431 bits per heavy atom. The number of nitrogens with zero attached hydrogens (tertiary/aromatic N) is 3. The first-order chi connectivity index (χ1) is 28.8. The maximum absolute atomic E-state index is 2.55. The molecule has 1 unspecified atom stereocenters. The van der Waals surface area contributed by atoms with E-state index in [-0.39, 0.29) is 0 Å². The summed E-state index contributed by atoms with van der Waals surface area (Å²) in [7, 11) is 0. The molecule has 2 aromatic heterocycles. The van der Waals surface area contributed by atoms with E-state index in [1.807, 2.05) is 0 Å². The lowest BCUT2D eigenvalue weighted by molar-refractivity contribution is 0.715. The van der Waals surface area contributed by atoms with Gasteiger partial charge in [-0.05, 0) is 108 Å². The van der Waals surface area contributed by atoms with Crippen molar-refractivity contribution in [2.24, 2.45) is 0 Å². The van der Waals surface area contributed by atoms with Gasteiger partial charge in [-0.3, -0.25) is 0 Å². The second-order valence-electron chi connectivity index (χ2n) is 15.6. The Morgan fingerprint density at radius 2 is 1.03 bits per heavy atom. The zero-order valence-corrected chi connectivity index (χ0v) is 32.0. The zero-order chi connectivity index (χ0) is 38.2. The molecule has 3 nitrogen and oxygen atoms in total. The van der Waals surface area contributed by atoms with Gasteiger partial charge in [0.05, 0.1) is 33.2 Å². The van der Waals surface area contributed by atoms with Crippen molar-refractivity contribution < 1.29 is 0 Å². The van der Waals surface area contributed by atoms with Crippen LogP contribution < -0.4 is 4.90 Å². The van der Waals surface area contributed by atoms with E-state index < -0.39 is 5.41 Å². The number of hydrogen-bond acceptors (Lipinski definition) is 1. The highest BCUT2D eigenvalue weighted by Gasteiger charge is 2.46. The highest BCUT2D eigenvalue weighted by molar-refractivity contribution is 6.15. The van der Waals surface area contributed by atoms with Gasteiger partial charge in [-0.2, -0.15) is 0 Å². The zero-order valence-electron chi connectivity index (χ0n) is 32.0. The molecule has 1 aliphatic carbocycles. The van der Waals surface area contributed by atoms with Crippen molar-refractivity contribution in [3.63, 3.8) is 0 Å². The maximum Gasteiger partial charge on any atom is 0.0740 e. The number of anilines is 3. The van der Waals surface area contributed by atoms with E-state index >= 15 is 0 Å². The summed E-state index contributed by atoms with van der Waals surface area (Å²) in [5, 5.41) is 4.99. The Balaban J connectivity index is 1.27. The highest BCUT2D eigenvalue weighted by atomic mass is 15.1. The molecule has 0 saturated heterocycles. The average Bonchev–Trinajstić information content (AvgIpc) is 3.81. The number of allylic oxidation sites excluding steroid dienone is 4. The minimum atomic E-state index is -0.567. The summed E-state index contributed by atoms with van der Waals surface area (Å²) < 4.78 is 5.00. The van der Waals surface area contributed by atoms with E-state index in [1.54, 1.807) is 0 Å². The van der Waals surface area contributed by atoms with Crippen LogP contribution in [0.2, 0.25) is 0 Å². The molecule has 274 valence electrons. The smallest absolute Gasteiger partial charge is 0.0740 e. The Labute approximate surface area is 337 Å². The number of para-hydroxylation sites is 5. The van der Waals surface area contributed by atoms with Crippen LogP contribution in [0.1, 0.15) is 29.5 Å². The Morgan fingerprint density at radius 3 is 1.71 bits per heavy atom. The molecule has 3 heteroatoms. The summed E-state index contributed by atoms with van der Waals surface area (Å²) in [6.07, 6.45) is 9.32. The largest absolute Gasteiger partial charge is 0.310 e. The number of hydrogen-bond donors (Lipinski definition) is 0. The van der Waals surface area contributed by atoms with Gasteiger partial charge in [0.15, 0.2) is 0 Å². The predicted molar refractivity (Wildman–Crippen MR) is 243 cm³/mol. The molecule has 0 radical (unpaired) electrons. The van der Waals surface area contributed by atoms with Crippen LogP contribution >= 0.6 is 0 Å². The Bertz CT molecular complexity index is 3180. The third-order valence-electron chi connectivity index (χ3n) is 12.5. The van der Waals surface area contributed by atoms with Crippen LogP contribution in [0.4, 0.5) is 17.1 Å². The fourth-order valence-corrected chi connectivity index (χ4v) is 10.2. The van der Waals surface area contributed by atoms with Gasteiger partial charge in [-0.15, -0.1) is 0 Å². The summed E-state index contributed by atoms with van der Waals surface area (Å²) in [4.78, 5) is 2.43. The summed E-state index contributed by atoms with van der Waals surface area (Å²) in [6.45, 7) is 0. The highest BCUT2D eigenvalue weighted by Crippen LogP contribution is 2.57. The molecule has 3 heterocycles. The summed E-state index contributed by atoms with van der Waals surface area (Å²) >= 11 is 0. The molecule has 2 aliphatic rings. The van der Waals surface area contributed by atoms with Crippen LogP contribution in [0.15, 0.2) is 218 Å². The monoisotopic (exact) mass is 741 g/mol. The van der Waals surface area contributed by atoms with E-state index in [1.165, 1.54) is 71.6 Å². The number of aromatic nitrogens is 2. The molecule has 0 spiro atoms. The molecule has 10 aromatic rings. The molecule has 12 rings (SSSR count). The van der Waals surface area contributed by atoms with Crippen molar-refractivity contribution in [3.8, 4) is 11.4 Å². The molecule has 0 N–H and O–H groups in total. The van der Waals surface area contributed by atoms with Gasteiger partial charge in [-0.25, -0.2) is 0 Å². The van der Waals surface area contributed by atoms with Crippen LogP contribution in [0.25, 0.3) is 55.0 Å². The van der Waals surface area contributed by atoms with Gasteiger partial charge in [-0.1, -0.05) is 140 Å². The Hall–Kier alpha value is -7.36. The van der Waals surface area contributed by atoms with Crippen LogP contribution in [0.5, 0.6) is 0 Å². The average molecular weight is 742 g/mol. The van der Waals surface area contributed by atoms with Crippen molar-refractivity contribution in [2.75, 3.05) is 4.90 Å². The third-order valence-corrected chi connectivity index (χ3v) is 12.5. The molecule has 8 aromatic carbocycles.